The van der Waals surface area contributed by atoms with Crippen LogP contribution in [0.25, 0.3) is 27.8 Å². The largest absolute Gasteiger partial charge is 0.487 e. The van der Waals surface area contributed by atoms with Crippen molar-refractivity contribution in [3.05, 3.63) is 101 Å². The van der Waals surface area contributed by atoms with Crippen LogP contribution in [0.5, 0.6) is 5.75 Å². The lowest BCUT2D eigenvalue weighted by molar-refractivity contribution is 0.301. The highest BCUT2D eigenvalue weighted by Gasteiger charge is 2.14. The van der Waals surface area contributed by atoms with E-state index in [1.807, 2.05) is 42.5 Å². The Bertz CT molecular complexity index is 1690. The van der Waals surface area contributed by atoms with Gasteiger partial charge in [-0.3, -0.25) is 0 Å². The topological polar surface area (TPSA) is 130 Å². The molecule has 0 spiro atoms. The van der Waals surface area contributed by atoms with E-state index in [9.17, 15) is 13.2 Å². The van der Waals surface area contributed by atoms with Gasteiger partial charge in [-0.05, 0) is 48.9 Å². The first-order valence-electron chi connectivity index (χ1n) is 10.6. The lowest BCUT2D eigenvalue weighted by Crippen LogP contribution is -2.12. The highest BCUT2D eigenvalue weighted by atomic mass is 32.2. The number of ether oxygens (including phenoxy) is 1. The molecule has 2 heterocycles. The molecule has 0 saturated carbocycles. The molecule has 5 rings (SSSR count). The summed E-state index contributed by atoms with van der Waals surface area (Å²) in [4.78, 5) is 12.5. The number of aromatic nitrogens is 3. The van der Waals surface area contributed by atoms with Gasteiger partial charge < -0.3 is 9.15 Å². The summed E-state index contributed by atoms with van der Waals surface area (Å²) >= 11 is 0. The smallest absolute Gasteiger partial charge is 0.339 e. The molecule has 9 nitrogen and oxygen atoms in total. The summed E-state index contributed by atoms with van der Waals surface area (Å²) in [5.41, 5.74) is 3.51. The van der Waals surface area contributed by atoms with Crippen LogP contribution >= 0.6 is 0 Å². The second-order valence-corrected chi connectivity index (χ2v) is 9.46. The van der Waals surface area contributed by atoms with Gasteiger partial charge in [0.05, 0.1) is 16.8 Å². The zero-order valence-corrected chi connectivity index (χ0v) is 19.4. The first-order chi connectivity index (χ1) is 16.8. The highest BCUT2D eigenvalue weighted by molar-refractivity contribution is 7.89. The molecule has 0 bridgehead atoms. The maximum Gasteiger partial charge on any atom is 0.339 e. The van der Waals surface area contributed by atoms with Gasteiger partial charge in [-0.1, -0.05) is 35.5 Å². The third-order valence-electron chi connectivity index (χ3n) is 5.53. The van der Waals surface area contributed by atoms with Gasteiger partial charge in [0.1, 0.15) is 23.6 Å². The van der Waals surface area contributed by atoms with Crippen LogP contribution < -0.4 is 15.5 Å². The van der Waals surface area contributed by atoms with Crippen LogP contribution in [-0.4, -0.2) is 23.4 Å². The van der Waals surface area contributed by atoms with Crippen molar-refractivity contribution in [1.29, 1.82) is 0 Å². The van der Waals surface area contributed by atoms with Crippen LogP contribution in [0.1, 0.15) is 11.3 Å². The Labute approximate surface area is 200 Å². The second kappa shape index (κ2) is 8.82. The molecule has 0 amide bonds. The van der Waals surface area contributed by atoms with E-state index in [1.54, 1.807) is 31.3 Å². The number of sulfonamides is 1. The fourth-order valence-electron chi connectivity index (χ4n) is 3.78. The third kappa shape index (κ3) is 4.57. The van der Waals surface area contributed by atoms with Crippen molar-refractivity contribution in [3.8, 4) is 22.6 Å². The van der Waals surface area contributed by atoms with E-state index < -0.39 is 15.6 Å². The predicted molar refractivity (Wildman–Crippen MR) is 130 cm³/mol. The number of nitrogens with zero attached hydrogens (tertiary/aromatic N) is 3. The SMILES string of the molecule is Cc1c(-c2ccccc2)c2ccc(OCc3cn(-c4ccc(S(N)(=O)=O)cc4)nn3)cc2oc1=O. The van der Waals surface area contributed by atoms with Gasteiger partial charge in [0.2, 0.25) is 10.0 Å². The van der Waals surface area contributed by atoms with Crippen molar-refractivity contribution in [2.45, 2.75) is 18.4 Å². The minimum atomic E-state index is -3.77. The molecule has 0 atom stereocenters. The van der Waals surface area contributed by atoms with Crippen molar-refractivity contribution in [2.24, 2.45) is 5.14 Å². The number of fused-ring (bicyclic) bond motifs is 1. The van der Waals surface area contributed by atoms with Crippen molar-refractivity contribution < 1.29 is 17.6 Å². The Morgan fingerprint density at radius 2 is 1.77 bits per heavy atom. The molecule has 0 unspecified atom stereocenters. The quantitative estimate of drug-likeness (QED) is 0.362. The molecule has 0 aliphatic rings. The maximum absolute atomic E-state index is 12.5. The average molecular weight is 489 g/mol. The summed E-state index contributed by atoms with van der Waals surface area (Å²) in [6, 6.07) is 21.0. The summed E-state index contributed by atoms with van der Waals surface area (Å²) < 4.78 is 35.7. The van der Waals surface area contributed by atoms with E-state index in [1.165, 1.54) is 16.8 Å². The first kappa shape index (κ1) is 22.5. The third-order valence-corrected chi connectivity index (χ3v) is 6.46. The van der Waals surface area contributed by atoms with E-state index in [0.717, 1.165) is 16.5 Å². The Kier molecular flexibility index (Phi) is 5.67. The Hall–Kier alpha value is -4.28. The Morgan fingerprint density at radius 1 is 1.03 bits per heavy atom. The van der Waals surface area contributed by atoms with Crippen LogP contribution in [0.4, 0.5) is 0 Å². The summed E-state index contributed by atoms with van der Waals surface area (Å²) in [5, 5.41) is 14.1. The number of hydrogen-bond donors (Lipinski definition) is 1. The highest BCUT2D eigenvalue weighted by Crippen LogP contribution is 2.32. The fraction of sp³-hybridized carbons (Fsp3) is 0.0800. The lowest BCUT2D eigenvalue weighted by Gasteiger charge is -2.11. The van der Waals surface area contributed by atoms with Crippen LogP contribution in [0.3, 0.4) is 0 Å². The minimum Gasteiger partial charge on any atom is -0.487 e. The molecule has 3 aromatic carbocycles. The lowest BCUT2D eigenvalue weighted by atomic mass is 9.98. The minimum absolute atomic E-state index is 0.0125. The average Bonchev–Trinajstić information content (AvgIpc) is 3.33. The normalized spacial score (nSPS) is 11.6. The van der Waals surface area contributed by atoms with E-state index >= 15 is 0 Å². The Morgan fingerprint density at radius 3 is 2.49 bits per heavy atom. The number of hydrogen-bond acceptors (Lipinski definition) is 7. The van der Waals surface area contributed by atoms with E-state index in [2.05, 4.69) is 10.3 Å². The molecule has 2 aromatic heterocycles. The van der Waals surface area contributed by atoms with E-state index in [4.69, 9.17) is 14.3 Å². The van der Waals surface area contributed by atoms with Gasteiger partial charge in [0.15, 0.2) is 0 Å². The van der Waals surface area contributed by atoms with E-state index in [-0.39, 0.29) is 11.5 Å². The molecule has 0 fully saturated rings. The number of benzene rings is 3. The summed E-state index contributed by atoms with van der Waals surface area (Å²) in [7, 11) is -3.77. The van der Waals surface area contributed by atoms with Gasteiger partial charge in [-0.25, -0.2) is 23.0 Å². The summed E-state index contributed by atoms with van der Waals surface area (Å²) in [6.07, 6.45) is 1.67. The monoisotopic (exact) mass is 488 g/mol. The molecule has 176 valence electrons. The summed E-state index contributed by atoms with van der Waals surface area (Å²) in [6.45, 7) is 1.88. The molecule has 0 saturated heterocycles. The van der Waals surface area contributed by atoms with Crippen molar-refractivity contribution in [3.63, 3.8) is 0 Å². The number of rotatable bonds is 6. The molecule has 0 radical (unpaired) electrons. The van der Waals surface area contributed by atoms with Gasteiger partial charge in [0.25, 0.3) is 0 Å². The molecule has 0 aliphatic heterocycles. The van der Waals surface area contributed by atoms with Crippen LogP contribution in [0.2, 0.25) is 0 Å². The van der Waals surface area contributed by atoms with Crippen LogP contribution in [0, 0.1) is 6.92 Å². The second-order valence-electron chi connectivity index (χ2n) is 7.90. The molecule has 0 aliphatic carbocycles. The van der Waals surface area contributed by atoms with Crippen LogP contribution in [-0.2, 0) is 16.6 Å². The van der Waals surface area contributed by atoms with E-state index in [0.29, 0.717) is 28.3 Å². The fourth-order valence-corrected chi connectivity index (χ4v) is 4.29. The molecule has 5 aromatic rings. The van der Waals surface area contributed by atoms with Crippen molar-refractivity contribution in [2.75, 3.05) is 0 Å². The first-order valence-corrected chi connectivity index (χ1v) is 12.1. The zero-order chi connectivity index (χ0) is 24.6. The molecule has 10 heteroatoms. The molecule has 2 N–H and O–H groups in total. The van der Waals surface area contributed by atoms with Gasteiger partial charge in [-0.2, -0.15) is 0 Å². The summed E-state index contributed by atoms with van der Waals surface area (Å²) in [5.74, 6) is 0.510. The standard InChI is InChI=1S/C25H20N4O5S/c1-16-24(17-5-3-2-4-6-17)22-12-9-20(13-23(22)34-25(16)30)33-15-18-14-29(28-27-18)19-7-10-21(11-8-19)35(26,31)32/h2-14H,15H2,1H3,(H2,26,31,32). The molecular weight excluding hydrogens is 468 g/mol. The molecular formula is C25H20N4O5S. The maximum atomic E-state index is 12.5. The molecule has 35 heavy (non-hydrogen) atoms. The number of primary sulfonamides is 1. The van der Waals surface area contributed by atoms with Crippen molar-refractivity contribution >= 4 is 21.0 Å². The number of nitrogens with two attached hydrogens (primary N) is 1. The Balaban J connectivity index is 1.37. The predicted octanol–water partition coefficient (Wildman–Crippen LogP) is 3.58. The van der Waals surface area contributed by atoms with Crippen molar-refractivity contribution in [1.82, 2.24) is 15.0 Å². The van der Waals surface area contributed by atoms with Crippen LogP contribution in [0.15, 0.2) is 93.1 Å². The zero-order valence-electron chi connectivity index (χ0n) is 18.6. The van der Waals surface area contributed by atoms with Gasteiger partial charge in [-0.15, -0.1) is 5.10 Å². The van der Waals surface area contributed by atoms with Gasteiger partial charge in [0, 0.05) is 22.6 Å². The van der Waals surface area contributed by atoms with Gasteiger partial charge >= 0.3 is 5.63 Å².